The zero-order valence-electron chi connectivity index (χ0n) is 19.9. The second kappa shape index (κ2) is 10.6. The van der Waals surface area contributed by atoms with Gasteiger partial charge >= 0.3 is 6.18 Å². The van der Waals surface area contributed by atoms with Gasteiger partial charge in [0.25, 0.3) is 5.91 Å². The number of piperidine rings is 1. The van der Waals surface area contributed by atoms with Crippen LogP contribution in [0.25, 0.3) is 5.52 Å². The van der Waals surface area contributed by atoms with Crippen molar-refractivity contribution in [2.24, 2.45) is 0 Å². The quantitative estimate of drug-likeness (QED) is 0.398. The molecule has 0 unspecified atom stereocenters. The van der Waals surface area contributed by atoms with E-state index in [1.165, 1.54) is 16.8 Å². The van der Waals surface area contributed by atoms with Crippen LogP contribution >= 0.6 is 0 Å². The molecule has 0 radical (unpaired) electrons. The number of halogens is 4. The third-order valence-electron chi connectivity index (χ3n) is 5.98. The Morgan fingerprint density at radius 1 is 1.31 bits per heavy atom. The van der Waals surface area contributed by atoms with Crippen LogP contribution in [-0.4, -0.2) is 75.3 Å². The lowest BCUT2D eigenvalue weighted by Gasteiger charge is -2.33. The maximum Gasteiger partial charge on any atom is 0.393 e. The van der Waals surface area contributed by atoms with Gasteiger partial charge in [0.1, 0.15) is 17.7 Å². The molecule has 2 atom stereocenters. The zero-order valence-corrected chi connectivity index (χ0v) is 19.9. The fourth-order valence-electron chi connectivity index (χ4n) is 4.12. The fourth-order valence-corrected chi connectivity index (χ4v) is 4.12. The second-order valence-electron chi connectivity index (χ2n) is 8.71. The molecule has 1 amide bonds. The van der Waals surface area contributed by atoms with E-state index in [0.29, 0.717) is 30.9 Å². The number of hydrogen-bond donors (Lipinski definition) is 2. The van der Waals surface area contributed by atoms with Crippen molar-refractivity contribution in [3.05, 3.63) is 47.4 Å². The van der Waals surface area contributed by atoms with E-state index in [1.54, 1.807) is 23.0 Å². The molecule has 3 aromatic heterocycles. The van der Waals surface area contributed by atoms with Gasteiger partial charge in [-0.1, -0.05) is 12.0 Å². The molecule has 1 aliphatic heterocycles. The highest BCUT2D eigenvalue weighted by Gasteiger charge is 2.32. The number of carbonyl (C=O) groups is 1. The molecule has 192 valence electrons. The standard InChI is InChI=1S/C24H27F4N7O/c1-3-34-14-16(13-30-34)23(36)29-10-5-6-19-17(12-24(26,27)28)21-7-4-8-22(35(21)32-19)31-20-9-11-33(2)15-18(20)25/h4,7-8,13-14,18,20,31H,3,9-12,15H2,1-2H3,(H,29,36)/t18-,20+/m0/s1. The topological polar surface area (TPSA) is 79.5 Å². The van der Waals surface area contributed by atoms with Crippen molar-refractivity contribution in [3.8, 4) is 11.8 Å². The highest BCUT2D eigenvalue weighted by Crippen LogP contribution is 2.28. The molecule has 0 saturated carbocycles. The summed E-state index contributed by atoms with van der Waals surface area (Å²) in [6, 6.07) is 4.30. The minimum absolute atomic E-state index is 0.0465. The number of rotatable bonds is 6. The number of nitrogens with one attached hydrogen (secondary N) is 2. The van der Waals surface area contributed by atoms with Gasteiger partial charge < -0.3 is 15.5 Å². The zero-order chi connectivity index (χ0) is 25.9. The van der Waals surface area contributed by atoms with Crippen molar-refractivity contribution in [1.82, 2.24) is 29.6 Å². The molecule has 0 aliphatic carbocycles. The van der Waals surface area contributed by atoms with Crippen molar-refractivity contribution in [3.63, 3.8) is 0 Å². The summed E-state index contributed by atoms with van der Waals surface area (Å²) < 4.78 is 57.6. The number of fused-ring (bicyclic) bond motifs is 1. The smallest absolute Gasteiger partial charge is 0.364 e. The van der Waals surface area contributed by atoms with Crippen LogP contribution in [0.4, 0.5) is 23.4 Å². The third-order valence-corrected chi connectivity index (χ3v) is 5.98. The van der Waals surface area contributed by atoms with Gasteiger partial charge in [0.05, 0.1) is 36.3 Å². The molecule has 12 heteroatoms. The Balaban J connectivity index is 1.57. The highest BCUT2D eigenvalue weighted by atomic mass is 19.4. The summed E-state index contributed by atoms with van der Waals surface area (Å²) >= 11 is 0. The molecule has 0 spiro atoms. The molecule has 8 nitrogen and oxygen atoms in total. The van der Waals surface area contributed by atoms with E-state index in [1.807, 2.05) is 18.9 Å². The van der Waals surface area contributed by atoms with Gasteiger partial charge in [0.15, 0.2) is 0 Å². The Hall–Kier alpha value is -3.59. The van der Waals surface area contributed by atoms with Gasteiger partial charge in [-0.3, -0.25) is 9.48 Å². The summed E-state index contributed by atoms with van der Waals surface area (Å²) in [5.41, 5.74) is 0.477. The number of carbonyl (C=O) groups excluding carboxylic acids is 1. The first-order chi connectivity index (χ1) is 17.1. The van der Waals surface area contributed by atoms with Crippen LogP contribution in [0, 0.1) is 11.8 Å². The SMILES string of the molecule is CCn1cc(C(=O)NCC#Cc2nn3c(N[C@@H]4CCN(C)C[C@@H]4F)cccc3c2CC(F)(F)F)cn1. The van der Waals surface area contributed by atoms with E-state index < -0.39 is 24.8 Å². The van der Waals surface area contributed by atoms with Crippen LogP contribution in [0.2, 0.25) is 0 Å². The lowest BCUT2D eigenvalue weighted by molar-refractivity contribution is -0.127. The van der Waals surface area contributed by atoms with Gasteiger partial charge in [-0.15, -0.1) is 0 Å². The van der Waals surface area contributed by atoms with E-state index >= 15 is 0 Å². The third kappa shape index (κ3) is 5.96. The second-order valence-corrected chi connectivity index (χ2v) is 8.71. The fraction of sp³-hybridized carbons (Fsp3) is 0.458. The van der Waals surface area contributed by atoms with Gasteiger partial charge in [0.2, 0.25) is 0 Å². The Kier molecular flexibility index (Phi) is 7.49. The van der Waals surface area contributed by atoms with E-state index in [-0.39, 0.29) is 35.8 Å². The lowest BCUT2D eigenvalue weighted by atomic mass is 10.0. The Morgan fingerprint density at radius 3 is 2.81 bits per heavy atom. The van der Waals surface area contributed by atoms with Crippen LogP contribution in [0.1, 0.15) is 35.0 Å². The van der Waals surface area contributed by atoms with E-state index in [0.717, 1.165) is 0 Å². The van der Waals surface area contributed by atoms with Crippen LogP contribution < -0.4 is 10.6 Å². The Bertz CT molecular complexity index is 1290. The normalized spacial score (nSPS) is 18.6. The van der Waals surface area contributed by atoms with Gasteiger partial charge in [-0.05, 0) is 38.4 Å². The molecule has 1 fully saturated rings. The maximum atomic E-state index is 14.6. The summed E-state index contributed by atoms with van der Waals surface area (Å²) in [5, 5.41) is 14.1. The first kappa shape index (κ1) is 25.5. The van der Waals surface area contributed by atoms with Crippen LogP contribution in [0.15, 0.2) is 30.6 Å². The van der Waals surface area contributed by atoms with E-state index in [2.05, 4.69) is 32.7 Å². The van der Waals surface area contributed by atoms with Gasteiger partial charge in [0, 0.05) is 31.4 Å². The molecule has 4 rings (SSSR count). The minimum Gasteiger partial charge on any atom is -0.364 e. The van der Waals surface area contributed by atoms with Gasteiger partial charge in [-0.2, -0.15) is 23.4 Å². The number of pyridine rings is 1. The molecule has 1 aliphatic rings. The lowest BCUT2D eigenvalue weighted by Crippen LogP contribution is -2.46. The number of nitrogens with zero attached hydrogens (tertiary/aromatic N) is 5. The molecule has 0 aromatic carbocycles. The summed E-state index contributed by atoms with van der Waals surface area (Å²) in [7, 11) is 1.84. The summed E-state index contributed by atoms with van der Waals surface area (Å²) in [6.07, 6.45) is -3.25. The summed E-state index contributed by atoms with van der Waals surface area (Å²) in [6.45, 7) is 3.39. The molecule has 0 bridgehead atoms. The first-order valence-corrected chi connectivity index (χ1v) is 11.6. The predicted octanol–water partition coefficient (Wildman–Crippen LogP) is 2.89. The van der Waals surface area contributed by atoms with E-state index in [9.17, 15) is 22.4 Å². The van der Waals surface area contributed by atoms with E-state index in [4.69, 9.17) is 0 Å². The largest absolute Gasteiger partial charge is 0.393 e. The molecular weight excluding hydrogens is 478 g/mol. The molecule has 4 heterocycles. The van der Waals surface area contributed by atoms with Crippen LogP contribution in [0.5, 0.6) is 0 Å². The predicted molar refractivity (Wildman–Crippen MR) is 126 cm³/mol. The van der Waals surface area contributed by atoms with Crippen molar-refractivity contribution >= 4 is 17.2 Å². The number of aryl methyl sites for hydroxylation is 1. The minimum atomic E-state index is -4.48. The highest BCUT2D eigenvalue weighted by molar-refractivity contribution is 5.93. The van der Waals surface area contributed by atoms with Crippen LogP contribution in [-0.2, 0) is 13.0 Å². The number of likely N-dealkylation sites (tertiary alicyclic amines) is 1. The average Bonchev–Trinajstić information content (AvgIpc) is 3.43. The average molecular weight is 506 g/mol. The first-order valence-electron chi connectivity index (χ1n) is 11.6. The summed E-state index contributed by atoms with van der Waals surface area (Å²) in [5.74, 6) is 5.35. The Morgan fingerprint density at radius 2 is 2.11 bits per heavy atom. The molecule has 3 aromatic rings. The number of amides is 1. The molecule has 1 saturated heterocycles. The maximum absolute atomic E-state index is 14.6. The van der Waals surface area contributed by atoms with Crippen molar-refractivity contribution in [2.45, 2.75) is 44.7 Å². The van der Waals surface area contributed by atoms with Crippen molar-refractivity contribution in [1.29, 1.82) is 0 Å². The monoisotopic (exact) mass is 505 g/mol. The van der Waals surface area contributed by atoms with Crippen molar-refractivity contribution < 1.29 is 22.4 Å². The number of hydrogen-bond acceptors (Lipinski definition) is 5. The Labute approximate surface area is 205 Å². The number of aromatic nitrogens is 4. The molecule has 2 N–H and O–H groups in total. The van der Waals surface area contributed by atoms with Crippen LogP contribution in [0.3, 0.4) is 0 Å². The molecule has 36 heavy (non-hydrogen) atoms. The molecular formula is C24H27F4N7O. The number of anilines is 1. The summed E-state index contributed by atoms with van der Waals surface area (Å²) in [4.78, 5) is 14.1. The van der Waals surface area contributed by atoms with Crippen molar-refractivity contribution in [2.75, 3.05) is 32.0 Å². The number of alkyl halides is 4. The van der Waals surface area contributed by atoms with Gasteiger partial charge in [-0.25, -0.2) is 8.91 Å².